The summed E-state index contributed by atoms with van der Waals surface area (Å²) in [7, 11) is 0. The molecule has 2 aromatic carbocycles. The lowest BCUT2D eigenvalue weighted by atomic mass is 10.0. The van der Waals surface area contributed by atoms with Crippen LogP contribution in [0.1, 0.15) is 11.1 Å². The van der Waals surface area contributed by atoms with E-state index in [1.807, 2.05) is 36.4 Å². The summed E-state index contributed by atoms with van der Waals surface area (Å²) in [6, 6.07) is 16.2. The highest BCUT2D eigenvalue weighted by Crippen LogP contribution is 2.20. The highest BCUT2D eigenvalue weighted by molar-refractivity contribution is 5.64. The Bertz CT molecular complexity index is 501. The number of benzene rings is 2. The Labute approximate surface area is 95.9 Å². The average molecular weight is 207 g/mol. The molecule has 2 rings (SSSR count). The number of terminal acetylenes is 1. The maximum Gasteiger partial charge on any atom is 0.0243 e. The summed E-state index contributed by atoms with van der Waals surface area (Å²) in [5.41, 5.74) is 9.95. The zero-order valence-electron chi connectivity index (χ0n) is 8.98. The largest absolute Gasteiger partial charge is 0.326 e. The van der Waals surface area contributed by atoms with Gasteiger partial charge in [-0.05, 0) is 28.8 Å². The van der Waals surface area contributed by atoms with Crippen molar-refractivity contribution in [3.63, 3.8) is 0 Å². The molecule has 1 nitrogen and oxygen atoms in total. The van der Waals surface area contributed by atoms with Gasteiger partial charge in [-0.15, -0.1) is 6.42 Å². The molecule has 0 radical (unpaired) electrons. The molecule has 16 heavy (non-hydrogen) atoms. The molecule has 2 N–H and O–H groups in total. The zero-order chi connectivity index (χ0) is 11.4. The lowest BCUT2D eigenvalue weighted by Crippen LogP contribution is -1.95. The molecule has 0 aromatic heterocycles. The van der Waals surface area contributed by atoms with E-state index in [4.69, 9.17) is 12.2 Å². The van der Waals surface area contributed by atoms with Crippen molar-refractivity contribution >= 4 is 0 Å². The number of hydrogen-bond donors (Lipinski definition) is 1. The highest BCUT2D eigenvalue weighted by Gasteiger charge is 1.97. The molecule has 2 aromatic rings. The molecule has 0 unspecified atom stereocenters. The third kappa shape index (κ3) is 2.13. The van der Waals surface area contributed by atoms with Crippen molar-refractivity contribution in [2.24, 2.45) is 5.73 Å². The van der Waals surface area contributed by atoms with Gasteiger partial charge in [0, 0.05) is 12.1 Å². The highest BCUT2D eigenvalue weighted by atomic mass is 14.5. The average Bonchev–Trinajstić information content (AvgIpc) is 2.39. The van der Waals surface area contributed by atoms with Crippen LogP contribution in [0.3, 0.4) is 0 Å². The fraction of sp³-hybridized carbons (Fsp3) is 0.0667. The second-order valence-corrected chi connectivity index (χ2v) is 3.62. The van der Waals surface area contributed by atoms with Crippen molar-refractivity contribution in [3.8, 4) is 23.5 Å². The molecule has 0 atom stereocenters. The Morgan fingerprint density at radius 1 is 0.875 bits per heavy atom. The minimum Gasteiger partial charge on any atom is -0.326 e. The second kappa shape index (κ2) is 4.65. The predicted octanol–water partition coefficient (Wildman–Crippen LogP) is 2.79. The summed E-state index contributed by atoms with van der Waals surface area (Å²) in [5, 5.41) is 0. The van der Waals surface area contributed by atoms with Crippen LogP contribution in [-0.4, -0.2) is 0 Å². The summed E-state index contributed by atoms with van der Waals surface area (Å²) in [6.07, 6.45) is 5.31. The Morgan fingerprint density at radius 3 is 1.81 bits per heavy atom. The fourth-order valence-electron chi connectivity index (χ4n) is 1.59. The number of nitrogens with two attached hydrogens (primary N) is 1. The Balaban J connectivity index is 2.32. The van der Waals surface area contributed by atoms with E-state index in [0.717, 1.165) is 11.1 Å². The topological polar surface area (TPSA) is 26.0 Å². The van der Waals surface area contributed by atoms with Crippen LogP contribution < -0.4 is 5.73 Å². The molecule has 0 spiro atoms. The van der Waals surface area contributed by atoms with Gasteiger partial charge in [-0.25, -0.2) is 0 Å². The first-order valence-corrected chi connectivity index (χ1v) is 5.19. The van der Waals surface area contributed by atoms with E-state index in [1.54, 1.807) is 0 Å². The normalized spacial score (nSPS) is 9.75. The Hall–Kier alpha value is -2.04. The maximum atomic E-state index is 5.55. The van der Waals surface area contributed by atoms with Crippen LogP contribution in [0.25, 0.3) is 11.1 Å². The maximum absolute atomic E-state index is 5.55. The smallest absolute Gasteiger partial charge is 0.0243 e. The molecule has 1 heteroatoms. The molecule has 0 saturated heterocycles. The van der Waals surface area contributed by atoms with Gasteiger partial charge in [-0.3, -0.25) is 0 Å². The SMILES string of the molecule is C#Cc1ccc(-c2ccc(CN)cc2)cc1. The van der Waals surface area contributed by atoms with Crippen LogP contribution in [0.2, 0.25) is 0 Å². The molecule has 0 bridgehead atoms. The lowest BCUT2D eigenvalue weighted by Gasteiger charge is -2.03. The molecule has 0 saturated carbocycles. The van der Waals surface area contributed by atoms with Crippen LogP contribution >= 0.6 is 0 Å². The molecule has 0 heterocycles. The van der Waals surface area contributed by atoms with E-state index >= 15 is 0 Å². The first kappa shape index (κ1) is 10.5. The first-order valence-electron chi connectivity index (χ1n) is 5.19. The van der Waals surface area contributed by atoms with E-state index in [-0.39, 0.29) is 0 Å². The summed E-state index contributed by atoms with van der Waals surface area (Å²) in [4.78, 5) is 0. The van der Waals surface area contributed by atoms with Gasteiger partial charge < -0.3 is 5.73 Å². The van der Waals surface area contributed by atoms with Gasteiger partial charge in [0.15, 0.2) is 0 Å². The minimum atomic E-state index is 0.580. The molecule has 0 aliphatic rings. The van der Waals surface area contributed by atoms with Gasteiger partial charge in [0.1, 0.15) is 0 Å². The van der Waals surface area contributed by atoms with Crippen LogP contribution in [0, 0.1) is 12.3 Å². The van der Waals surface area contributed by atoms with Crippen molar-refractivity contribution < 1.29 is 0 Å². The molecule has 0 aliphatic heterocycles. The monoisotopic (exact) mass is 207 g/mol. The van der Waals surface area contributed by atoms with Gasteiger partial charge in [-0.1, -0.05) is 42.3 Å². The zero-order valence-corrected chi connectivity index (χ0v) is 8.98. The standard InChI is InChI=1S/C15H13N/c1-2-12-3-7-14(8-4-12)15-9-5-13(11-16)6-10-15/h1,3-10H,11,16H2. The summed E-state index contributed by atoms with van der Waals surface area (Å²) in [5.74, 6) is 2.61. The van der Waals surface area contributed by atoms with Gasteiger partial charge in [0.2, 0.25) is 0 Å². The van der Waals surface area contributed by atoms with Crippen molar-refractivity contribution in [1.82, 2.24) is 0 Å². The minimum absolute atomic E-state index is 0.580. The molecule has 78 valence electrons. The van der Waals surface area contributed by atoms with E-state index in [1.165, 1.54) is 11.1 Å². The number of rotatable bonds is 2. The van der Waals surface area contributed by atoms with E-state index < -0.39 is 0 Å². The number of hydrogen-bond acceptors (Lipinski definition) is 1. The third-order valence-electron chi connectivity index (χ3n) is 2.57. The summed E-state index contributed by atoms with van der Waals surface area (Å²) in [6.45, 7) is 0.580. The van der Waals surface area contributed by atoms with Crippen molar-refractivity contribution in [1.29, 1.82) is 0 Å². The second-order valence-electron chi connectivity index (χ2n) is 3.62. The van der Waals surface area contributed by atoms with Crippen LogP contribution in [0.5, 0.6) is 0 Å². The Morgan fingerprint density at radius 2 is 1.38 bits per heavy atom. The van der Waals surface area contributed by atoms with Crippen molar-refractivity contribution in [3.05, 3.63) is 59.7 Å². The van der Waals surface area contributed by atoms with Crippen molar-refractivity contribution in [2.45, 2.75) is 6.54 Å². The van der Waals surface area contributed by atoms with Crippen LogP contribution in [-0.2, 0) is 6.54 Å². The van der Waals surface area contributed by atoms with Gasteiger partial charge >= 0.3 is 0 Å². The first-order chi connectivity index (χ1) is 7.83. The van der Waals surface area contributed by atoms with Gasteiger partial charge in [-0.2, -0.15) is 0 Å². The molecule has 0 fully saturated rings. The summed E-state index contributed by atoms with van der Waals surface area (Å²) < 4.78 is 0. The molecular formula is C15H13N. The third-order valence-corrected chi connectivity index (χ3v) is 2.57. The van der Waals surface area contributed by atoms with Crippen LogP contribution in [0.15, 0.2) is 48.5 Å². The summed E-state index contributed by atoms with van der Waals surface area (Å²) >= 11 is 0. The van der Waals surface area contributed by atoms with E-state index in [9.17, 15) is 0 Å². The van der Waals surface area contributed by atoms with E-state index in [0.29, 0.717) is 6.54 Å². The molecule has 0 aliphatic carbocycles. The molecule has 0 amide bonds. The lowest BCUT2D eigenvalue weighted by molar-refractivity contribution is 1.07. The quantitative estimate of drug-likeness (QED) is 0.753. The van der Waals surface area contributed by atoms with E-state index in [2.05, 4.69) is 18.1 Å². The fourth-order valence-corrected chi connectivity index (χ4v) is 1.59. The van der Waals surface area contributed by atoms with Gasteiger partial charge in [0.05, 0.1) is 0 Å². The molecular weight excluding hydrogens is 194 g/mol. The van der Waals surface area contributed by atoms with Crippen molar-refractivity contribution in [2.75, 3.05) is 0 Å². The van der Waals surface area contributed by atoms with Gasteiger partial charge in [0.25, 0.3) is 0 Å². The Kier molecular flexibility index (Phi) is 3.05. The predicted molar refractivity (Wildman–Crippen MR) is 67.7 cm³/mol. The van der Waals surface area contributed by atoms with Crippen LogP contribution in [0.4, 0.5) is 0 Å².